The molecule has 2 heteroatoms. The fourth-order valence-corrected chi connectivity index (χ4v) is 2.15. The Bertz CT molecular complexity index is 585. The van der Waals surface area contributed by atoms with E-state index in [2.05, 4.69) is 49.5 Å². The molecule has 3 rings (SSSR count). The SMILES string of the molecule is Cc1ccc(Oc2cc(CNC3CC3)ccc2C)cc1. The molecular weight excluding hydrogens is 246 g/mol. The summed E-state index contributed by atoms with van der Waals surface area (Å²) in [6.45, 7) is 5.09. The summed E-state index contributed by atoms with van der Waals surface area (Å²) in [6, 6.07) is 15.4. The Morgan fingerprint density at radius 2 is 1.80 bits per heavy atom. The van der Waals surface area contributed by atoms with E-state index in [0.717, 1.165) is 24.1 Å². The van der Waals surface area contributed by atoms with Gasteiger partial charge in [-0.05, 0) is 56.0 Å². The maximum absolute atomic E-state index is 6.00. The summed E-state index contributed by atoms with van der Waals surface area (Å²) in [5.41, 5.74) is 3.70. The van der Waals surface area contributed by atoms with Gasteiger partial charge in [0.15, 0.2) is 0 Å². The fourth-order valence-electron chi connectivity index (χ4n) is 2.15. The zero-order chi connectivity index (χ0) is 13.9. The highest BCUT2D eigenvalue weighted by atomic mass is 16.5. The van der Waals surface area contributed by atoms with Crippen LogP contribution >= 0.6 is 0 Å². The van der Waals surface area contributed by atoms with Gasteiger partial charge in [-0.15, -0.1) is 0 Å². The van der Waals surface area contributed by atoms with Crippen molar-refractivity contribution in [3.05, 3.63) is 59.2 Å². The Balaban J connectivity index is 1.73. The molecule has 0 aromatic heterocycles. The minimum Gasteiger partial charge on any atom is -0.457 e. The quantitative estimate of drug-likeness (QED) is 0.869. The first-order chi connectivity index (χ1) is 9.70. The number of hydrogen-bond donors (Lipinski definition) is 1. The number of rotatable bonds is 5. The van der Waals surface area contributed by atoms with E-state index in [4.69, 9.17) is 4.74 Å². The molecule has 1 aliphatic carbocycles. The highest BCUT2D eigenvalue weighted by molar-refractivity contribution is 5.40. The third-order valence-electron chi connectivity index (χ3n) is 3.67. The van der Waals surface area contributed by atoms with Gasteiger partial charge in [0.1, 0.15) is 11.5 Å². The van der Waals surface area contributed by atoms with Crippen LogP contribution in [0.15, 0.2) is 42.5 Å². The van der Waals surface area contributed by atoms with Crippen molar-refractivity contribution in [2.24, 2.45) is 0 Å². The van der Waals surface area contributed by atoms with Crippen molar-refractivity contribution < 1.29 is 4.74 Å². The number of aryl methyl sites for hydroxylation is 2. The maximum atomic E-state index is 6.00. The summed E-state index contributed by atoms with van der Waals surface area (Å²) in [4.78, 5) is 0. The van der Waals surface area contributed by atoms with Gasteiger partial charge in [0, 0.05) is 12.6 Å². The molecule has 2 nitrogen and oxygen atoms in total. The molecule has 0 saturated heterocycles. The van der Waals surface area contributed by atoms with Gasteiger partial charge in [0.2, 0.25) is 0 Å². The molecule has 0 atom stereocenters. The number of nitrogens with one attached hydrogen (secondary N) is 1. The summed E-state index contributed by atoms with van der Waals surface area (Å²) in [5, 5.41) is 3.54. The summed E-state index contributed by atoms with van der Waals surface area (Å²) in [7, 11) is 0. The number of hydrogen-bond acceptors (Lipinski definition) is 2. The first kappa shape index (κ1) is 13.2. The molecule has 20 heavy (non-hydrogen) atoms. The minimum atomic E-state index is 0.734. The van der Waals surface area contributed by atoms with E-state index in [9.17, 15) is 0 Å². The Hall–Kier alpha value is -1.80. The molecule has 0 bridgehead atoms. The predicted molar refractivity (Wildman–Crippen MR) is 82.3 cm³/mol. The summed E-state index contributed by atoms with van der Waals surface area (Å²) in [5.74, 6) is 1.84. The van der Waals surface area contributed by atoms with E-state index < -0.39 is 0 Å². The van der Waals surface area contributed by atoms with Crippen molar-refractivity contribution in [1.82, 2.24) is 5.32 Å². The standard InChI is InChI=1S/C18H21NO/c1-13-3-9-17(10-4-13)20-18-11-15(6-5-14(18)2)12-19-16-7-8-16/h3-6,9-11,16,19H,7-8,12H2,1-2H3. The van der Waals surface area contributed by atoms with Crippen LogP contribution in [0.1, 0.15) is 29.5 Å². The maximum Gasteiger partial charge on any atom is 0.130 e. The van der Waals surface area contributed by atoms with Crippen LogP contribution in [0.5, 0.6) is 11.5 Å². The molecule has 1 fully saturated rings. The van der Waals surface area contributed by atoms with E-state index in [1.807, 2.05) is 12.1 Å². The van der Waals surface area contributed by atoms with E-state index >= 15 is 0 Å². The van der Waals surface area contributed by atoms with Crippen LogP contribution in [-0.4, -0.2) is 6.04 Å². The predicted octanol–water partition coefficient (Wildman–Crippen LogP) is 4.35. The van der Waals surface area contributed by atoms with E-state index in [-0.39, 0.29) is 0 Å². The molecular formula is C18H21NO. The van der Waals surface area contributed by atoms with Crippen molar-refractivity contribution in [1.29, 1.82) is 0 Å². The zero-order valence-corrected chi connectivity index (χ0v) is 12.1. The largest absolute Gasteiger partial charge is 0.457 e. The molecule has 2 aromatic carbocycles. The molecule has 0 aliphatic heterocycles. The van der Waals surface area contributed by atoms with E-state index in [0.29, 0.717) is 0 Å². The number of benzene rings is 2. The van der Waals surface area contributed by atoms with Gasteiger partial charge in [-0.3, -0.25) is 0 Å². The third-order valence-corrected chi connectivity index (χ3v) is 3.67. The first-order valence-corrected chi connectivity index (χ1v) is 7.28. The van der Waals surface area contributed by atoms with Gasteiger partial charge in [0.25, 0.3) is 0 Å². The van der Waals surface area contributed by atoms with Crippen molar-refractivity contribution in [3.8, 4) is 11.5 Å². The highest BCUT2D eigenvalue weighted by Gasteiger charge is 2.20. The van der Waals surface area contributed by atoms with Gasteiger partial charge < -0.3 is 10.1 Å². The smallest absolute Gasteiger partial charge is 0.130 e. The average Bonchev–Trinajstić information content (AvgIpc) is 3.26. The monoisotopic (exact) mass is 267 g/mol. The lowest BCUT2D eigenvalue weighted by Crippen LogP contribution is -2.15. The Kier molecular flexibility index (Phi) is 3.75. The fraction of sp³-hybridized carbons (Fsp3) is 0.333. The second-order valence-electron chi connectivity index (χ2n) is 5.67. The van der Waals surface area contributed by atoms with Gasteiger partial charge >= 0.3 is 0 Å². The van der Waals surface area contributed by atoms with Crippen molar-refractivity contribution in [2.45, 2.75) is 39.3 Å². The van der Waals surface area contributed by atoms with Crippen molar-refractivity contribution in [2.75, 3.05) is 0 Å². The molecule has 2 aromatic rings. The van der Waals surface area contributed by atoms with Crippen LogP contribution < -0.4 is 10.1 Å². The minimum absolute atomic E-state index is 0.734. The Labute approximate surface area is 120 Å². The molecule has 1 N–H and O–H groups in total. The van der Waals surface area contributed by atoms with Crippen LogP contribution in [0.3, 0.4) is 0 Å². The Morgan fingerprint density at radius 3 is 2.50 bits per heavy atom. The average molecular weight is 267 g/mol. The summed E-state index contributed by atoms with van der Waals surface area (Å²) < 4.78 is 6.00. The van der Waals surface area contributed by atoms with Gasteiger partial charge in [-0.25, -0.2) is 0 Å². The molecule has 104 valence electrons. The van der Waals surface area contributed by atoms with Crippen LogP contribution in [0.2, 0.25) is 0 Å². The third kappa shape index (κ3) is 3.40. The van der Waals surface area contributed by atoms with Gasteiger partial charge in [-0.2, -0.15) is 0 Å². The molecule has 0 spiro atoms. The molecule has 0 unspecified atom stereocenters. The topological polar surface area (TPSA) is 21.3 Å². The van der Waals surface area contributed by atoms with Crippen LogP contribution in [0.4, 0.5) is 0 Å². The van der Waals surface area contributed by atoms with E-state index in [1.54, 1.807) is 0 Å². The molecule has 0 amide bonds. The first-order valence-electron chi connectivity index (χ1n) is 7.28. The number of ether oxygens (including phenoxy) is 1. The highest BCUT2D eigenvalue weighted by Crippen LogP contribution is 2.27. The van der Waals surface area contributed by atoms with Crippen molar-refractivity contribution >= 4 is 0 Å². The normalized spacial score (nSPS) is 14.3. The van der Waals surface area contributed by atoms with E-state index in [1.165, 1.54) is 29.5 Å². The van der Waals surface area contributed by atoms with Crippen molar-refractivity contribution in [3.63, 3.8) is 0 Å². The van der Waals surface area contributed by atoms with Gasteiger partial charge in [0.05, 0.1) is 0 Å². The zero-order valence-electron chi connectivity index (χ0n) is 12.1. The molecule has 0 radical (unpaired) electrons. The lowest BCUT2D eigenvalue weighted by molar-refractivity contribution is 0.477. The van der Waals surface area contributed by atoms with Crippen LogP contribution in [0, 0.1) is 13.8 Å². The van der Waals surface area contributed by atoms with Gasteiger partial charge in [-0.1, -0.05) is 29.8 Å². The van der Waals surface area contributed by atoms with Crippen LogP contribution in [0.25, 0.3) is 0 Å². The molecule has 1 aliphatic rings. The second kappa shape index (κ2) is 5.68. The summed E-state index contributed by atoms with van der Waals surface area (Å²) >= 11 is 0. The molecule has 0 heterocycles. The van der Waals surface area contributed by atoms with Crippen LogP contribution in [-0.2, 0) is 6.54 Å². The Morgan fingerprint density at radius 1 is 1.05 bits per heavy atom. The lowest BCUT2D eigenvalue weighted by atomic mass is 10.1. The lowest BCUT2D eigenvalue weighted by Gasteiger charge is -2.11. The molecule has 1 saturated carbocycles. The summed E-state index contributed by atoms with van der Waals surface area (Å²) in [6.07, 6.45) is 2.64. The second-order valence-corrected chi connectivity index (χ2v) is 5.67.